The van der Waals surface area contributed by atoms with Gasteiger partial charge in [0.2, 0.25) is 0 Å². The molecule has 4 heterocycles. The highest BCUT2D eigenvalue weighted by atomic mass is 19.4. The van der Waals surface area contributed by atoms with Gasteiger partial charge in [-0.2, -0.15) is 26.3 Å². The van der Waals surface area contributed by atoms with E-state index in [2.05, 4.69) is 16.0 Å². The number of carboxylic acid groups (broad SMARTS) is 2. The number of nitrogens with zero attached hydrogens (tertiary/aromatic N) is 3. The van der Waals surface area contributed by atoms with Gasteiger partial charge < -0.3 is 24.3 Å². The predicted molar refractivity (Wildman–Crippen MR) is 129 cm³/mol. The number of carboxylic acids is 2. The molecule has 2 saturated heterocycles. The first-order chi connectivity index (χ1) is 19.1. The van der Waals surface area contributed by atoms with Gasteiger partial charge in [-0.1, -0.05) is 6.07 Å². The van der Waals surface area contributed by atoms with Gasteiger partial charge in [-0.05, 0) is 55.6 Å². The summed E-state index contributed by atoms with van der Waals surface area (Å²) < 4.78 is 74.3. The largest absolute Gasteiger partial charge is 0.490 e. The molecule has 2 aromatic rings. The fraction of sp³-hybridized carbons (Fsp3) is 0.520. The van der Waals surface area contributed by atoms with Crippen molar-refractivity contribution in [3.8, 4) is 0 Å². The third-order valence-electron chi connectivity index (χ3n) is 6.65. The zero-order chi connectivity index (χ0) is 30.8. The van der Waals surface area contributed by atoms with Crippen molar-refractivity contribution in [1.29, 1.82) is 0 Å². The molecule has 0 bridgehead atoms. The Balaban J connectivity index is 0.000000349. The number of aromatic nitrogens is 1. The standard InChI is InChI=1S/C21H27N3O3.2C2HF3O2/c1-26-15-17-13-24(20(25)19-6-4-12-27-19)16-21(17)7-10-23(11-8-21)14-18-5-2-3-9-22-18;2*3-2(4,5)1(6)7/h2-6,9,12,17H,7-8,10-11,13-16H2,1H3;2*(H,6,7). The first kappa shape index (κ1) is 33.5. The van der Waals surface area contributed by atoms with Crippen LogP contribution in [-0.2, 0) is 20.9 Å². The number of halogens is 6. The lowest BCUT2D eigenvalue weighted by Gasteiger charge is -2.42. The van der Waals surface area contributed by atoms with E-state index in [1.54, 1.807) is 25.5 Å². The first-order valence-electron chi connectivity index (χ1n) is 12.1. The number of furan rings is 1. The van der Waals surface area contributed by atoms with Crippen molar-refractivity contribution in [2.45, 2.75) is 31.7 Å². The van der Waals surface area contributed by atoms with Gasteiger partial charge in [-0.15, -0.1) is 0 Å². The highest BCUT2D eigenvalue weighted by Crippen LogP contribution is 2.45. The molecule has 1 atom stereocenters. The van der Waals surface area contributed by atoms with E-state index in [4.69, 9.17) is 29.0 Å². The van der Waals surface area contributed by atoms with E-state index in [9.17, 15) is 31.1 Å². The average molecular weight is 598 g/mol. The number of carbonyl (C=O) groups is 3. The summed E-state index contributed by atoms with van der Waals surface area (Å²) in [6, 6.07) is 9.58. The molecule has 0 radical (unpaired) electrons. The summed E-state index contributed by atoms with van der Waals surface area (Å²) in [6.07, 6.45) is -4.60. The van der Waals surface area contributed by atoms with E-state index in [1.807, 2.05) is 23.2 Å². The van der Waals surface area contributed by atoms with Crippen molar-refractivity contribution in [3.63, 3.8) is 0 Å². The maximum Gasteiger partial charge on any atom is 0.490 e. The van der Waals surface area contributed by atoms with E-state index >= 15 is 0 Å². The number of carbonyl (C=O) groups excluding carboxylic acids is 1. The van der Waals surface area contributed by atoms with Crippen LogP contribution < -0.4 is 0 Å². The number of aliphatic carboxylic acids is 2. The number of methoxy groups -OCH3 is 1. The number of rotatable bonds is 5. The van der Waals surface area contributed by atoms with Gasteiger partial charge in [0.05, 0.1) is 18.6 Å². The molecule has 2 fully saturated rings. The lowest BCUT2D eigenvalue weighted by molar-refractivity contribution is -0.193. The van der Waals surface area contributed by atoms with Crippen molar-refractivity contribution >= 4 is 17.8 Å². The maximum absolute atomic E-state index is 12.8. The fourth-order valence-corrected chi connectivity index (χ4v) is 4.62. The molecular weight excluding hydrogens is 568 g/mol. The Bertz CT molecular complexity index is 1090. The molecule has 4 rings (SSSR count). The Morgan fingerprint density at radius 2 is 1.61 bits per heavy atom. The summed E-state index contributed by atoms with van der Waals surface area (Å²) in [5.74, 6) is -4.72. The zero-order valence-corrected chi connectivity index (χ0v) is 21.8. The molecule has 1 amide bonds. The summed E-state index contributed by atoms with van der Waals surface area (Å²) in [5.41, 5.74) is 1.25. The Labute approximate surface area is 230 Å². The Morgan fingerprint density at radius 3 is 2.05 bits per heavy atom. The molecular formula is C25H29F6N3O7. The zero-order valence-electron chi connectivity index (χ0n) is 21.8. The lowest BCUT2D eigenvalue weighted by Crippen LogP contribution is -2.45. The van der Waals surface area contributed by atoms with Crippen molar-refractivity contribution < 1.29 is 60.1 Å². The topological polar surface area (TPSA) is 133 Å². The molecule has 0 saturated carbocycles. The van der Waals surface area contributed by atoms with Crippen molar-refractivity contribution in [3.05, 3.63) is 54.2 Å². The minimum Gasteiger partial charge on any atom is -0.475 e. The molecule has 0 aromatic carbocycles. The Hall–Kier alpha value is -3.66. The molecule has 1 spiro atoms. The molecule has 2 aliphatic heterocycles. The Kier molecular flexibility index (Phi) is 11.7. The smallest absolute Gasteiger partial charge is 0.475 e. The molecule has 2 aromatic heterocycles. The lowest BCUT2D eigenvalue weighted by atomic mass is 9.71. The van der Waals surface area contributed by atoms with Crippen LogP contribution in [0.4, 0.5) is 26.3 Å². The van der Waals surface area contributed by atoms with Gasteiger partial charge in [-0.3, -0.25) is 14.7 Å². The summed E-state index contributed by atoms with van der Waals surface area (Å²) in [4.78, 5) is 39.4. The predicted octanol–water partition coefficient (Wildman–Crippen LogP) is 3.94. The number of alkyl halides is 6. The highest BCUT2D eigenvalue weighted by Gasteiger charge is 2.49. The normalized spacial score (nSPS) is 18.6. The number of hydrogen-bond donors (Lipinski definition) is 2. The van der Waals surface area contributed by atoms with E-state index < -0.39 is 24.3 Å². The number of ether oxygens (including phenoxy) is 1. The second-order valence-electron chi connectivity index (χ2n) is 9.38. The van der Waals surface area contributed by atoms with Crippen LogP contribution in [0.3, 0.4) is 0 Å². The SMILES string of the molecule is COCC1CN(C(=O)c2ccco2)CC12CCN(Cc1ccccn1)CC2.O=C(O)C(F)(F)F.O=C(O)C(F)(F)F. The molecule has 2 aliphatic rings. The quantitative estimate of drug-likeness (QED) is 0.492. The molecule has 10 nitrogen and oxygen atoms in total. The van der Waals surface area contributed by atoms with Crippen molar-refractivity contribution in [2.75, 3.05) is 39.9 Å². The van der Waals surface area contributed by atoms with Crippen LogP contribution in [0, 0.1) is 11.3 Å². The van der Waals surface area contributed by atoms with Crippen LogP contribution in [0.15, 0.2) is 47.2 Å². The van der Waals surface area contributed by atoms with E-state index in [0.29, 0.717) is 18.3 Å². The summed E-state index contributed by atoms with van der Waals surface area (Å²) >= 11 is 0. The maximum atomic E-state index is 12.8. The van der Waals surface area contributed by atoms with E-state index in [0.717, 1.165) is 51.3 Å². The number of pyridine rings is 1. The third-order valence-corrected chi connectivity index (χ3v) is 6.65. The van der Waals surface area contributed by atoms with Crippen molar-refractivity contribution in [2.24, 2.45) is 11.3 Å². The van der Waals surface area contributed by atoms with Gasteiger partial charge >= 0.3 is 24.3 Å². The molecule has 16 heteroatoms. The van der Waals surface area contributed by atoms with Gasteiger partial charge in [-0.25, -0.2) is 9.59 Å². The van der Waals surface area contributed by atoms with Crippen LogP contribution in [0.25, 0.3) is 0 Å². The van der Waals surface area contributed by atoms with Gasteiger partial charge in [0, 0.05) is 38.9 Å². The summed E-state index contributed by atoms with van der Waals surface area (Å²) in [7, 11) is 1.75. The second-order valence-corrected chi connectivity index (χ2v) is 9.38. The first-order valence-corrected chi connectivity index (χ1v) is 12.1. The fourth-order valence-electron chi connectivity index (χ4n) is 4.62. The van der Waals surface area contributed by atoms with Gasteiger partial charge in [0.1, 0.15) is 0 Å². The number of amides is 1. The van der Waals surface area contributed by atoms with Crippen LogP contribution in [0.2, 0.25) is 0 Å². The number of hydrogen-bond acceptors (Lipinski definition) is 7. The minimum absolute atomic E-state index is 0.00565. The molecule has 228 valence electrons. The number of piperidine rings is 1. The second kappa shape index (κ2) is 14.3. The Morgan fingerprint density at radius 1 is 1.02 bits per heavy atom. The van der Waals surface area contributed by atoms with Crippen LogP contribution in [-0.4, -0.2) is 95.1 Å². The van der Waals surface area contributed by atoms with E-state index in [-0.39, 0.29) is 11.3 Å². The van der Waals surface area contributed by atoms with Gasteiger partial charge in [0.15, 0.2) is 5.76 Å². The molecule has 0 aliphatic carbocycles. The number of likely N-dealkylation sites (tertiary alicyclic amines) is 2. The monoisotopic (exact) mass is 597 g/mol. The van der Waals surface area contributed by atoms with Crippen molar-refractivity contribution in [1.82, 2.24) is 14.8 Å². The highest BCUT2D eigenvalue weighted by molar-refractivity contribution is 5.91. The van der Waals surface area contributed by atoms with Gasteiger partial charge in [0.25, 0.3) is 5.91 Å². The minimum atomic E-state index is -5.08. The summed E-state index contributed by atoms with van der Waals surface area (Å²) in [6.45, 7) is 5.17. The van der Waals surface area contributed by atoms with Crippen LogP contribution >= 0.6 is 0 Å². The molecule has 41 heavy (non-hydrogen) atoms. The van der Waals surface area contributed by atoms with E-state index in [1.165, 1.54) is 0 Å². The molecule has 2 N–H and O–H groups in total. The van der Waals surface area contributed by atoms with Crippen LogP contribution in [0.5, 0.6) is 0 Å². The third kappa shape index (κ3) is 10.0. The summed E-state index contributed by atoms with van der Waals surface area (Å²) in [5, 5.41) is 14.2. The van der Waals surface area contributed by atoms with Crippen LogP contribution in [0.1, 0.15) is 29.1 Å². The average Bonchev–Trinajstić information content (AvgIpc) is 3.55. The molecule has 1 unspecified atom stereocenters.